The van der Waals surface area contributed by atoms with Crippen molar-refractivity contribution in [1.82, 2.24) is 4.90 Å². The van der Waals surface area contributed by atoms with Crippen LogP contribution in [0.4, 0.5) is 5.69 Å². The highest BCUT2D eigenvalue weighted by atomic mass is 16.2. The largest absolute Gasteiger partial charge is 0.337 e. The van der Waals surface area contributed by atoms with E-state index in [0.717, 1.165) is 12.0 Å². The Morgan fingerprint density at radius 3 is 2.48 bits per heavy atom. The molecular weight excluding hydrogens is 312 g/mol. The first kappa shape index (κ1) is 17.2. The Morgan fingerprint density at radius 1 is 1.16 bits per heavy atom. The van der Waals surface area contributed by atoms with E-state index < -0.39 is 0 Å². The molecule has 1 aliphatic rings. The molecular formula is C21H24N2O2. The zero-order valence-electron chi connectivity index (χ0n) is 15.0. The van der Waals surface area contributed by atoms with E-state index in [-0.39, 0.29) is 17.7 Å². The molecule has 1 fully saturated rings. The van der Waals surface area contributed by atoms with Crippen LogP contribution in [0.15, 0.2) is 48.5 Å². The van der Waals surface area contributed by atoms with Crippen LogP contribution in [-0.4, -0.2) is 23.8 Å². The van der Waals surface area contributed by atoms with E-state index in [1.165, 1.54) is 5.56 Å². The maximum atomic E-state index is 12.7. The second-order valence-corrected chi connectivity index (χ2v) is 7.04. The number of aryl methyl sites for hydroxylation is 1. The van der Waals surface area contributed by atoms with Gasteiger partial charge in [-0.2, -0.15) is 0 Å². The number of nitrogens with zero attached hydrogens (tertiary/aromatic N) is 1. The van der Waals surface area contributed by atoms with Crippen LogP contribution in [0.25, 0.3) is 0 Å². The van der Waals surface area contributed by atoms with Crippen molar-refractivity contribution >= 4 is 17.5 Å². The van der Waals surface area contributed by atoms with Crippen LogP contribution < -0.4 is 5.32 Å². The fourth-order valence-corrected chi connectivity index (χ4v) is 2.91. The van der Waals surface area contributed by atoms with E-state index in [9.17, 15) is 9.59 Å². The summed E-state index contributed by atoms with van der Waals surface area (Å²) in [6.45, 7) is 4.67. The van der Waals surface area contributed by atoms with E-state index >= 15 is 0 Å². The summed E-state index contributed by atoms with van der Waals surface area (Å²) in [5.74, 6) is 0.565. The van der Waals surface area contributed by atoms with Crippen LogP contribution >= 0.6 is 0 Å². The van der Waals surface area contributed by atoms with Crippen LogP contribution in [-0.2, 0) is 11.3 Å². The minimum absolute atomic E-state index is 0.0464. The topological polar surface area (TPSA) is 49.4 Å². The SMILES string of the molecule is Cc1ccc(CN(C)C(=O)c2cccc(NC(=O)C3CC3C)c2)cc1. The maximum absolute atomic E-state index is 12.7. The number of carbonyl (C=O) groups excluding carboxylic acids is 2. The van der Waals surface area contributed by atoms with E-state index in [1.807, 2.05) is 37.3 Å². The molecule has 2 aromatic rings. The van der Waals surface area contributed by atoms with Gasteiger partial charge in [0.25, 0.3) is 5.91 Å². The Morgan fingerprint density at radius 2 is 1.84 bits per heavy atom. The highest BCUT2D eigenvalue weighted by Crippen LogP contribution is 2.38. The minimum atomic E-state index is -0.0588. The van der Waals surface area contributed by atoms with Crippen LogP contribution in [0.2, 0.25) is 0 Å². The summed E-state index contributed by atoms with van der Waals surface area (Å²) in [5, 5.41) is 2.91. The molecule has 1 saturated carbocycles. The summed E-state index contributed by atoms with van der Waals surface area (Å²) in [6.07, 6.45) is 0.948. The molecule has 0 aromatic heterocycles. The van der Waals surface area contributed by atoms with Crippen LogP contribution in [0.3, 0.4) is 0 Å². The lowest BCUT2D eigenvalue weighted by Gasteiger charge is -2.18. The molecule has 4 nitrogen and oxygen atoms in total. The lowest BCUT2D eigenvalue weighted by atomic mass is 10.1. The van der Waals surface area contributed by atoms with E-state index in [1.54, 1.807) is 30.1 Å². The Balaban J connectivity index is 1.65. The predicted octanol–water partition coefficient (Wildman–Crippen LogP) is 3.86. The summed E-state index contributed by atoms with van der Waals surface area (Å²) in [4.78, 5) is 26.4. The van der Waals surface area contributed by atoms with Crippen molar-refractivity contribution < 1.29 is 9.59 Å². The summed E-state index contributed by atoms with van der Waals surface area (Å²) < 4.78 is 0. The molecule has 2 unspecified atom stereocenters. The van der Waals surface area contributed by atoms with Gasteiger partial charge in [-0.1, -0.05) is 42.8 Å². The monoisotopic (exact) mass is 336 g/mol. The second kappa shape index (κ2) is 7.09. The smallest absolute Gasteiger partial charge is 0.253 e. The van der Waals surface area contributed by atoms with Gasteiger partial charge in [0, 0.05) is 30.8 Å². The first-order valence-electron chi connectivity index (χ1n) is 8.66. The Hall–Kier alpha value is -2.62. The molecule has 0 saturated heterocycles. The third-order valence-electron chi connectivity index (χ3n) is 4.71. The molecule has 25 heavy (non-hydrogen) atoms. The third-order valence-corrected chi connectivity index (χ3v) is 4.71. The number of hydrogen-bond donors (Lipinski definition) is 1. The number of anilines is 1. The molecule has 0 radical (unpaired) electrons. The van der Waals surface area contributed by atoms with Gasteiger partial charge in [-0.15, -0.1) is 0 Å². The fraction of sp³-hybridized carbons (Fsp3) is 0.333. The quantitative estimate of drug-likeness (QED) is 0.901. The first-order valence-corrected chi connectivity index (χ1v) is 8.66. The van der Waals surface area contributed by atoms with Crippen molar-refractivity contribution in [1.29, 1.82) is 0 Å². The molecule has 0 heterocycles. The van der Waals surface area contributed by atoms with Crippen molar-refractivity contribution in [2.24, 2.45) is 11.8 Å². The molecule has 3 rings (SSSR count). The van der Waals surface area contributed by atoms with Crippen molar-refractivity contribution in [3.05, 3.63) is 65.2 Å². The van der Waals surface area contributed by atoms with Gasteiger partial charge in [0.1, 0.15) is 0 Å². The van der Waals surface area contributed by atoms with Crippen molar-refractivity contribution in [3.63, 3.8) is 0 Å². The van der Waals surface area contributed by atoms with Gasteiger partial charge in [-0.05, 0) is 43.0 Å². The fourth-order valence-electron chi connectivity index (χ4n) is 2.91. The third kappa shape index (κ3) is 4.27. The highest BCUT2D eigenvalue weighted by molar-refractivity contribution is 5.98. The van der Waals surface area contributed by atoms with Gasteiger partial charge in [0.05, 0.1) is 0 Å². The number of hydrogen-bond acceptors (Lipinski definition) is 2. The number of nitrogens with one attached hydrogen (secondary N) is 1. The van der Waals surface area contributed by atoms with Crippen molar-refractivity contribution in [2.45, 2.75) is 26.8 Å². The standard InChI is InChI=1S/C21H24N2O2/c1-14-7-9-16(10-8-14)13-23(3)21(25)17-5-4-6-18(12-17)22-20(24)19-11-15(19)2/h4-10,12,15,19H,11,13H2,1-3H3,(H,22,24). The molecule has 2 atom stereocenters. The Kier molecular flexibility index (Phi) is 4.88. The molecule has 2 amide bonds. The van der Waals surface area contributed by atoms with Gasteiger partial charge in [0.2, 0.25) is 5.91 Å². The van der Waals surface area contributed by atoms with Crippen LogP contribution in [0.5, 0.6) is 0 Å². The van der Waals surface area contributed by atoms with Gasteiger partial charge in [-0.3, -0.25) is 9.59 Å². The molecule has 0 bridgehead atoms. The number of carbonyl (C=O) groups is 2. The van der Waals surface area contributed by atoms with Gasteiger partial charge >= 0.3 is 0 Å². The lowest BCUT2D eigenvalue weighted by Crippen LogP contribution is -2.26. The molecule has 1 N–H and O–H groups in total. The average molecular weight is 336 g/mol. The predicted molar refractivity (Wildman–Crippen MR) is 99.3 cm³/mol. The van der Waals surface area contributed by atoms with E-state index in [0.29, 0.717) is 23.7 Å². The Bertz CT molecular complexity index is 783. The molecule has 0 aliphatic heterocycles. The zero-order chi connectivity index (χ0) is 18.0. The van der Waals surface area contributed by atoms with Gasteiger partial charge < -0.3 is 10.2 Å². The van der Waals surface area contributed by atoms with Crippen LogP contribution in [0.1, 0.15) is 34.8 Å². The molecule has 130 valence electrons. The van der Waals surface area contributed by atoms with E-state index in [4.69, 9.17) is 0 Å². The average Bonchev–Trinajstić information content (AvgIpc) is 3.33. The summed E-state index contributed by atoms with van der Waals surface area (Å²) >= 11 is 0. The zero-order valence-corrected chi connectivity index (χ0v) is 15.0. The maximum Gasteiger partial charge on any atom is 0.253 e. The highest BCUT2D eigenvalue weighted by Gasteiger charge is 2.39. The molecule has 4 heteroatoms. The van der Waals surface area contributed by atoms with Crippen molar-refractivity contribution in [2.75, 3.05) is 12.4 Å². The summed E-state index contributed by atoms with van der Waals surface area (Å²) in [7, 11) is 1.79. The number of rotatable bonds is 5. The number of amides is 2. The van der Waals surface area contributed by atoms with Crippen molar-refractivity contribution in [3.8, 4) is 0 Å². The van der Waals surface area contributed by atoms with Gasteiger partial charge in [0.15, 0.2) is 0 Å². The van der Waals surface area contributed by atoms with Gasteiger partial charge in [-0.25, -0.2) is 0 Å². The molecule has 0 spiro atoms. The normalized spacial score (nSPS) is 18.5. The van der Waals surface area contributed by atoms with Crippen LogP contribution in [0, 0.1) is 18.8 Å². The summed E-state index contributed by atoms with van der Waals surface area (Å²) in [5.41, 5.74) is 3.55. The van der Waals surface area contributed by atoms with E-state index in [2.05, 4.69) is 12.2 Å². The lowest BCUT2D eigenvalue weighted by molar-refractivity contribution is -0.117. The number of benzene rings is 2. The first-order chi connectivity index (χ1) is 11.9. The molecule has 1 aliphatic carbocycles. The second-order valence-electron chi connectivity index (χ2n) is 7.04. The minimum Gasteiger partial charge on any atom is -0.337 e. The summed E-state index contributed by atoms with van der Waals surface area (Å²) in [6, 6.07) is 15.3. The molecule has 2 aromatic carbocycles. The Labute approximate surface area is 148 Å².